The SMILES string of the molecule is CCCCCCCCCCCCC/C=C(/F)CC(CO)NC(C)=O. The number of rotatable bonds is 16. The van der Waals surface area contributed by atoms with Crippen molar-refractivity contribution in [2.75, 3.05) is 6.61 Å². The molecule has 0 spiro atoms. The predicted octanol–water partition coefficient (Wildman–Crippen LogP) is 5.43. The van der Waals surface area contributed by atoms with Gasteiger partial charge in [0.25, 0.3) is 0 Å². The third-order valence-corrected chi connectivity index (χ3v) is 4.24. The van der Waals surface area contributed by atoms with Crippen molar-refractivity contribution in [1.82, 2.24) is 5.32 Å². The van der Waals surface area contributed by atoms with Crippen LogP contribution in [0.3, 0.4) is 0 Å². The van der Waals surface area contributed by atoms with E-state index in [1.807, 2.05) is 0 Å². The standard InChI is InChI=1S/C20H38FNO2/c1-3-4-5-6-7-8-9-10-11-12-13-14-15-19(21)16-20(17-23)22-18(2)24/h15,20,23H,3-14,16-17H2,1-2H3,(H,22,24)/b19-15+. The van der Waals surface area contributed by atoms with Crippen LogP contribution in [0, 0.1) is 0 Å². The first kappa shape index (κ1) is 23.1. The predicted molar refractivity (Wildman–Crippen MR) is 99.6 cm³/mol. The minimum atomic E-state index is -0.518. The van der Waals surface area contributed by atoms with Crippen LogP contribution in [0.15, 0.2) is 11.9 Å². The fourth-order valence-electron chi connectivity index (χ4n) is 2.83. The quantitative estimate of drug-likeness (QED) is 0.367. The smallest absolute Gasteiger partial charge is 0.217 e. The van der Waals surface area contributed by atoms with E-state index in [9.17, 15) is 9.18 Å². The fourth-order valence-corrected chi connectivity index (χ4v) is 2.83. The Hall–Kier alpha value is -0.900. The molecule has 0 aromatic heterocycles. The monoisotopic (exact) mass is 343 g/mol. The Balaban J connectivity index is 3.48. The van der Waals surface area contributed by atoms with Crippen molar-refractivity contribution in [2.45, 2.75) is 103 Å². The van der Waals surface area contributed by atoms with Crippen molar-refractivity contribution < 1.29 is 14.3 Å². The molecule has 0 saturated carbocycles. The summed E-state index contributed by atoms with van der Waals surface area (Å²) in [4.78, 5) is 10.9. The van der Waals surface area contributed by atoms with Crippen molar-refractivity contribution in [3.05, 3.63) is 11.9 Å². The normalized spacial score (nSPS) is 13.1. The van der Waals surface area contributed by atoms with E-state index >= 15 is 0 Å². The topological polar surface area (TPSA) is 49.3 Å². The Morgan fingerprint density at radius 1 is 1.00 bits per heavy atom. The molecule has 0 radical (unpaired) electrons. The fraction of sp³-hybridized carbons (Fsp3) is 0.850. The van der Waals surface area contributed by atoms with Crippen LogP contribution < -0.4 is 5.32 Å². The number of carbonyl (C=O) groups excluding carboxylic acids is 1. The molecule has 0 bridgehead atoms. The van der Waals surface area contributed by atoms with Crippen molar-refractivity contribution in [1.29, 1.82) is 0 Å². The van der Waals surface area contributed by atoms with Crippen LogP contribution in [0.4, 0.5) is 4.39 Å². The third-order valence-electron chi connectivity index (χ3n) is 4.24. The van der Waals surface area contributed by atoms with E-state index < -0.39 is 6.04 Å². The zero-order valence-electron chi connectivity index (χ0n) is 15.8. The zero-order valence-corrected chi connectivity index (χ0v) is 15.8. The average molecular weight is 344 g/mol. The lowest BCUT2D eigenvalue weighted by atomic mass is 10.0. The summed E-state index contributed by atoms with van der Waals surface area (Å²) in [6.45, 7) is 3.38. The molecule has 0 heterocycles. The number of halogens is 1. The molecule has 1 amide bonds. The summed E-state index contributed by atoms with van der Waals surface area (Å²) in [7, 11) is 0. The van der Waals surface area contributed by atoms with E-state index in [-0.39, 0.29) is 24.8 Å². The maximum Gasteiger partial charge on any atom is 0.217 e. The third kappa shape index (κ3) is 16.0. The second kappa shape index (κ2) is 16.9. The Kier molecular flexibility index (Phi) is 16.3. The molecule has 0 saturated heterocycles. The number of hydrogen-bond acceptors (Lipinski definition) is 2. The highest BCUT2D eigenvalue weighted by Gasteiger charge is 2.10. The first-order chi connectivity index (χ1) is 11.6. The van der Waals surface area contributed by atoms with Crippen LogP contribution in [-0.2, 0) is 4.79 Å². The second-order valence-electron chi connectivity index (χ2n) is 6.76. The van der Waals surface area contributed by atoms with Crippen LogP contribution in [-0.4, -0.2) is 23.7 Å². The lowest BCUT2D eigenvalue weighted by molar-refractivity contribution is -0.119. The second-order valence-corrected chi connectivity index (χ2v) is 6.76. The molecule has 4 heteroatoms. The number of amides is 1. The van der Waals surface area contributed by atoms with Crippen LogP contribution in [0.25, 0.3) is 0 Å². The van der Waals surface area contributed by atoms with E-state index in [0.717, 1.165) is 19.3 Å². The van der Waals surface area contributed by atoms with Crippen molar-refractivity contribution in [3.63, 3.8) is 0 Å². The highest BCUT2D eigenvalue weighted by atomic mass is 19.1. The van der Waals surface area contributed by atoms with Gasteiger partial charge < -0.3 is 10.4 Å². The van der Waals surface area contributed by atoms with Gasteiger partial charge in [-0.05, 0) is 12.8 Å². The molecule has 0 rings (SSSR count). The highest BCUT2D eigenvalue weighted by Crippen LogP contribution is 2.14. The highest BCUT2D eigenvalue weighted by molar-refractivity contribution is 5.73. The van der Waals surface area contributed by atoms with Gasteiger partial charge >= 0.3 is 0 Å². The van der Waals surface area contributed by atoms with Crippen LogP contribution >= 0.6 is 0 Å². The van der Waals surface area contributed by atoms with Gasteiger partial charge in [0, 0.05) is 13.3 Å². The minimum absolute atomic E-state index is 0.0775. The van der Waals surface area contributed by atoms with Gasteiger partial charge in [0.1, 0.15) is 0 Å². The van der Waals surface area contributed by atoms with Gasteiger partial charge in [0.2, 0.25) is 5.91 Å². The molecule has 0 fully saturated rings. The number of unbranched alkanes of at least 4 members (excludes halogenated alkanes) is 11. The van der Waals surface area contributed by atoms with E-state index in [4.69, 9.17) is 5.11 Å². The lowest BCUT2D eigenvalue weighted by Crippen LogP contribution is -2.35. The summed E-state index contributed by atoms with van der Waals surface area (Å²) >= 11 is 0. The molecule has 1 unspecified atom stereocenters. The molecule has 0 aliphatic carbocycles. The van der Waals surface area contributed by atoms with Crippen molar-refractivity contribution >= 4 is 5.91 Å². The maximum absolute atomic E-state index is 13.7. The zero-order chi connectivity index (χ0) is 18.0. The average Bonchev–Trinajstić information content (AvgIpc) is 2.54. The van der Waals surface area contributed by atoms with Crippen molar-refractivity contribution in [3.8, 4) is 0 Å². The molecule has 1 atom stereocenters. The molecule has 24 heavy (non-hydrogen) atoms. The Bertz CT molecular complexity index is 332. The molecule has 0 aliphatic heterocycles. The number of aliphatic hydroxyl groups excluding tert-OH is 1. The number of aliphatic hydroxyl groups is 1. The van der Waals surface area contributed by atoms with E-state index in [1.165, 1.54) is 64.7 Å². The van der Waals surface area contributed by atoms with Gasteiger partial charge in [-0.2, -0.15) is 0 Å². The Morgan fingerprint density at radius 3 is 1.96 bits per heavy atom. The summed E-state index contributed by atoms with van der Waals surface area (Å²) in [5.74, 6) is -0.484. The number of nitrogens with one attached hydrogen (secondary N) is 1. The van der Waals surface area contributed by atoms with Gasteiger partial charge in [0.05, 0.1) is 18.5 Å². The van der Waals surface area contributed by atoms with Gasteiger partial charge in [-0.1, -0.05) is 77.2 Å². The van der Waals surface area contributed by atoms with Gasteiger partial charge in [0.15, 0.2) is 0 Å². The van der Waals surface area contributed by atoms with Gasteiger partial charge in [-0.15, -0.1) is 0 Å². The van der Waals surface area contributed by atoms with Crippen LogP contribution in [0.2, 0.25) is 0 Å². The van der Waals surface area contributed by atoms with Gasteiger partial charge in [-0.25, -0.2) is 4.39 Å². The van der Waals surface area contributed by atoms with Crippen LogP contribution in [0.5, 0.6) is 0 Å². The summed E-state index contributed by atoms with van der Waals surface area (Å²) < 4.78 is 13.7. The molecular formula is C20H38FNO2. The molecule has 3 nitrogen and oxygen atoms in total. The molecule has 2 N–H and O–H groups in total. The van der Waals surface area contributed by atoms with Gasteiger partial charge in [-0.3, -0.25) is 4.79 Å². The molecular weight excluding hydrogens is 305 g/mol. The first-order valence-corrected chi connectivity index (χ1v) is 9.82. The van der Waals surface area contributed by atoms with E-state index in [0.29, 0.717) is 0 Å². The maximum atomic E-state index is 13.7. The molecule has 0 aliphatic rings. The van der Waals surface area contributed by atoms with E-state index in [2.05, 4.69) is 12.2 Å². The minimum Gasteiger partial charge on any atom is -0.394 e. The van der Waals surface area contributed by atoms with Crippen molar-refractivity contribution in [2.24, 2.45) is 0 Å². The number of hydrogen-bond donors (Lipinski definition) is 2. The molecule has 142 valence electrons. The van der Waals surface area contributed by atoms with Crippen LogP contribution in [0.1, 0.15) is 97.3 Å². The summed E-state index contributed by atoms with van der Waals surface area (Å²) in [6.07, 6.45) is 16.6. The Morgan fingerprint density at radius 2 is 1.50 bits per heavy atom. The first-order valence-electron chi connectivity index (χ1n) is 9.82. The molecule has 0 aromatic carbocycles. The van der Waals surface area contributed by atoms with E-state index in [1.54, 1.807) is 6.08 Å². The summed E-state index contributed by atoms with van der Waals surface area (Å²) in [5.41, 5.74) is 0. The number of carbonyl (C=O) groups is 1. The Labute approximate surface area is 148 Å². The summed E-state index contributed by atoms with van der Waals surface area (Å²) in [5, 5.41) is 11.6. The molecule has 0 aromatic rings. The lowest BCUT2D eigenvalue weighted by Gasteiger charge is -2.13. The largest absolute Gasteiger partial charge is 0.394 e. The summed E-state index contributed by atoms with van der Waals surface area (Å²) in [6, 6.07) is -0.518. The number of allylic oxidation sites excluding steroid dienone is 1.